The number of fused-ring (bicyclic) bond motifs is 1. The van der Waals surface area contributed by atoms with Crippen molar-refractivity contribution >= 4 is 0 Å². The monoisotopic (exact) mass is 344 g/mol. The van der Waals surface area contributed by atoms with Crippen LogP contribution in [-0.2, 0) is 4.74 Å². The van der Waals surface area contributed by atoms with E-state index in [-0.39, 0.29) is 30.0 Å². The van der Waals surface area contributed by atoms with E-state index in [9.17, 15) is 5.26 Å². The Bertz CT molecular complexity index is 691. The first kappa shape index (κ1) is 17.4. The maximum Gasteiger partial charge on any atom is 0.200 e. The summed E-state index contributed by atoms with van der Waals surface area (Å²) in [6, 6.07) is 8.10. The largest absolute Gasteiger partial charge is 0.497 e. The van der Waals surface area contributed by atoms with E-state index in [1.165, 1.54) is 0 Å². The van der Waals surface area contributed by atoms with E-state index in [4.69, 9.17) is 19.9 Å². The SMILES string of the molecule is CCCC1NNC2OC(N)=C(C#N)C(c3cc(OC)cc(OC)c3)C12. The van der Waals surface area contributed by atoms with Crippen molar-refractivity contribution in [3.63, 3.8) is 0 Å². The standard InChI is InChI=1S/C18H24N4O3/c1-4-5-14-16-15(10-6-11(23-2)8-12(7-10)24-3)13(9-19)17(20)25-18(16)22-21-14/h6-8,14-16,18,21-22H,4-5,20H2,1-3H3. The topological polar surface area (TPSA) is 102 Å². The molecule has 0 aliphatic carbocycles. The average molecular weight is 344 g/mol. The molecule has 0 radical (unpaired) electrons. The van der Waals surface area contributed by atoms with E-state index in [2.05, 4.69) is 23.8 Å². The van der Waals surface area contributed by atoms with Gasteiger partial charge in [0.15, 0.2) is 6.23 Å². The van der Waals surface area contributed by atoms with Crippen LogP contribution >= 0.6 is 0 Å². The second-order valence-electron chi connectivity index (χ2n) is 6.31. The van der Waals surface area contributed by atoms with Crippen LogP contribution in [0.2, 0.25) is 0 Å². The molecule has 0 spiro atoms. The number of hydrogen-bond donors (Lipinski definition) is 3. The second-order valence-corrected chi connectivity index (χ2v) is 6.31. The first-order chi connectivity index (χ1) is 12.1. The van der Waals surface area contributed by atoms with Gasteiger partial charge in [-0.2, -0.15) is 5.26 Å². The number of methoxy groups -OCH3 is 2. The highest BCUT2D eigenvalue weighted by Gasteiger charge is 2.48. The smallest absolute Gasteiger partial charge is 0.200 e. The van der Waals surface area contributed by atoms with E-state index in [0.717, 1.165) is 18.4 Å². The lowest BCUT2D eigenvalue weighted by molar-refractivity contribution is 0.0336. The molecule has 0 saturated carbocycles. The summed E-state index contributed by atoms with van der Waals surface area (Å²) in [7, 11) is 3.22. The molecule has 0 bridgehead atoms. The molecule has 25 heavy (non-hydrogen) atoms. The van der Waals surface area contributed by atoms with Crippen molar-refractivity contribution in [1.29, 1.82) is 5.26 Å². The van der Waals surface area contributed by atoms with Gasteiger partial charge in [-0.3, -0.25) is 5.43 Å². The van der Waals surface area contributed by atoms with Crippen molar-refractivity contribution in [1.82, 2.24) is 10.9 Å². The number of nitrogens with one attached hydrogen (secondary N) is 2. The zero-order chi connectivity index (χ0) is 18.0. The molecule has 1 fully saturated rings. The lowest BCUT2D eigenvalue weighted by Gasteiger charge is -2.36. The van der Waals surface area contributed by atoms with Crippen LogP contribution in [0, 0.1) is 17.2 Å². The zero-order valence-corrected chi connectivity index (χ0v) is 14.7. The van der Waals surface area contributed by atoms with Gasteiger partial charge < -0.3 is 19.9 Å². The first-order valence-electron chi connectivity index (χ1n) is 8.43. The number of nitrogens with two attached hydrogens (primary N) is 1. The lowest BCUT2D eigenvalue weighted by Crippen LogP contribution is -2.41. The van der Waals surface area contributed by atoms with E-state index in [1.807, 2.05) is 18.2 Å². The van der Waals surface area contributed by atoms with Crippen LogP contribution in [0.3, 0.4) is 0 Å². The molecular weight excluding hydrogens is 320 g/mol. The van der Waals surface area contributed by atoms with Gasteiger partial charge in [0.2, 0.25) is 5.88 Å². The van der Waals surface area contributed by atoms with E-state index >= 15 is 0 Å². The zero-order valence-electron chi connectivity index (χ0n) is 14.7. The highest BCUT2D eigenvalue weighted by Crippen LogP contribution is 2.45. The quantitative estimate of drug-likeness (QED) is 0.747. The molecule has 1 aromatic carbocycles. The highest BCUT2D eigenvalue weighted by atomic mass is 16.5. The predicted molar refractivity (Wildman–Crippen MR) is 92.4 cm³/mol. The average Bonchev–Trinajstić information content (AvgIpc) is 3.02. The fourth-order valence-electron chi connectivity index (χ4n) is 3.75. The molecule has 2 aliphatic heterocycles. The van der Waals surface area contributed by atoms with Crippen LogP contribution in [0.25, 0.3) is 0 Å². The van der Waals surface area contributed by atoms with Crippen LogP contribution in [0.15, 0.2) is 29.7 Å². The van der Waals surface area contributed by atoms with Crippen LogP contribution in [0.5, 0.6) is 11.5 Å². The minimum absolute atomic E-state index is 0.0405. The lowest BCUT2D eigenvalue weighted by atomic mass is 9.74. The summed E-state index contributed by atoms with van der Waals surface area (Å²) in [6.45, 7) is 2.14. The van der Waals surface area contributed by atoms with Crippen LogP contribution in [-0.4, -0.2) is 26.5 Å². The third-order valence-electron chi connectivity index (χ3n) is 4.89. The Labute approximate surface area is 147 Å². The van der Waals surface area contributed by atoms with Gasteiger partial charge in [0.25, 0.3) is 0 Å². The molecule has 4 atom stereocenters. The van der Waals surface area contributed by atoms with Crippen molar-refractivity contribution in [2.24, 2.45) is 11.7 Å². The number of nitriles is 1. The van der Waals surface area contributed by atoms with Crippen LogP contribution in [0.1, 0.15) is 31.2 Å². The van der Waals surface area contributed by atoms with Crippen LogP contribution < -0.4 is 26.1 Å². The minimum Gasteiger partial charge on any atom is -0.497 e. The van der Waals surface area contributed by atoms with Gasteiger partial charge in [-0.25, -0.2) is 5.43 Å². The number of nitrogens with zero attached hydrogens (tertiary/aromatic N) is 1. The Hall–Kier alpha value is -2.43. The van der Waals surface area contributed by atoms with Crippen molar-refractivity contribution in [3.8, 4) is 17.6 Å². The Kier molecular flexibility index (Phi) is 5.02. The van der Waals surface area contributed by atoms with Gasteiger partial charge in [0, 0.05) is 23.9 Å². The summed E-state index contributed by atoms with van der Waals surface area (Å²) in [5.41, 5.74) is 13.9. The summed E-state index contributed by atoms with van der Waals surface area (Å²) < 4.78 is 16.5. The van der Waals surface area contributed by atoms with Crippen molar-refractivity contribution < 1.29 is 14.2 Å². The molecule has 7 nitrogen and oxygen atoms in total. The molecule has 134 valence electrons. The molecular formula is C18H24N4O3. The molecule has 7 heteroatoms. The van der Waals surface area contributed by atoms with Crippen LogP contribution in [0.4, 0.5) is 0 Å². The Morgan fingerprint density at radius 1 is 1.20 bits per heavy atom. The predicted octanol–water partition coefficient (Wildman–Crippen LogP) is 1.73. The van der Waals surface area contributed by atoms with Gasteiger partial charge in [-0.05, 0) is 24.1 Å². The van der Waals surface area contributed by atoms with Gasteiger partial charge >= 0.3 is 0 Å². The Morgan fingerprint density at radius 3 is 2.44 bits per heavy atom. The maximum atomic E-state index is 9.71. The number of benzene rings is 1. The van der Waals surface area contributed by atoms with Gasteiger partial charge in [0.1, 0.15) is 17.6 Å². The summed E-state index contributed by atoms with van der Waals surface area (Å²) in [4.78, 5) is 0. The fourth-order valence-corrected chi connectivity index (χ4v) is 3.75. The van der Waals surface area contributed by atoms with Crippen molar-refractivity contribution in [2.45, 2.75) is 38.0 Å². The number of hydrogen-bond acceptors (Lipinski definition) is 7. The third-order valence-corrected chi connectivity index (χ3v) is 4.89. The molecule has 1 aromatic rings. The molecule has 1 saturated heterocycles. The molecule has 3 rings (SSSR count). The summed E-state index contributed by atoms with van der Waals surface area (Å²) in [5, 5.41) is 9.71. The van der Waals surface area contributed by atoms with Gasteiger partial charge in [-0.1, -0.05) is 13.3 Å². The second kappa shape index (κ2) is 7.21. The van der Waals surface area contributed by atoms with Crippen molar-refractivity contribution in [2.75, 3.05) is 14.2 Å². The molecule has 4 N–H and O–H groups in total. The normalized spacial score (nSPS) is 28.1. The minimum atomic E-state index is -0.282. The molecule has 0 aromatic heterocycles. The Balaban J connectivity index is 2.11. The summed E-state index contributed by atoms with van der Waals surface area (Å²) >= 11 is 0. The summed E-state index contributed by atoms with van der Waals surface area (Å²) in [6.07, 6.45) is 1.71. The molecule has 2 heterocycles. The van der Waals surface area contributed by atoms with E-state index in [1.54, 1.807) is 14.2 Å². The van der Waals surface area contributed by atoms with E-state index in [0.29, 0.717) is 17.1 Å². The number of allylic oxidation sites excluding steroid dienone is 1. The molecule has 4 unspecified atom stereocenters. The maximum absolute atomic E-state index is 9.71. The summed E-state index contributed by atoms with van der Waals surface area (Å²) in [5.74, 6) is 1.37. The first-order valence-corrected chi connectivity index (χ1v) is 8.43. The number of hydrazine groups is 1. The molecule has 2 aliphatic rings. The number of ether oxygens (including phenoxy) is 3. The van der Waals surface area contributed by atoms with E-state index < -0.39 is 0 Å². The fraction of sp³-hybridized carbons (Fsp3) is 0.500. The Morgan fingerprint density at radius 2 is 1.88 bits per heavy atom. The van der Waals surface area contributed by atoms with Crippen molar-refractivity contribution in [3.05, 3.63) is 35.2 Å². The van der Waals surface area contributed by atoms with Gasteiger partial charge in [0.05, 0.1) is 19.8 Å². The highest BCUT2D eigenvalue weighted by molar-refractivity contribution is 5.47. The number of rotatable bonds is 5. The third kappa shape index (κ3) is 3.11. The van der Waals surface area contributed by atoms with Gasteiger partial charge in [-0.15, -0.1) is 0 Å². The molecule has 0 amide bonds.